The zero-order valence-electron chi connectivity index (χ0n) is 11.2. The van der Waals surface area contributed by atoms with Gasteiger partial charge in [0.2, 0.25) is 0 Å². The minimum atomic E-state index is -1.00. The van der Waals surface area contributed by atoms with Crippen LogP contribution < -0.4 is 0 Å². The van der Waals surface area contributed by atoms with Crippen molar-refractivity contribution >= 4 is 27.8 Å². The zero-order valence-corrected chi connectivity index (χ0v) is 12.8. The fourth-order valence-corrected chi connectivity index (χ4v) is 2.74. The van der Waals surface area contributed by atoms with Gasteiger partial charge in [-0.3, -0.25) is 4.79 Å². The highest BCUT2D eigenvalue weighted by Gasteiger charge is 2.24. The van der Waals surface area contributed by atoms with E-state index in [0.29, 0.717) is 36.0 Å². The lowest BCUT2D eigenvalue weighted by atomic mass is 10.1. The summed E-state index contributed by atoms with van der Waals surface area (Å²) in [5.74, 6) is -1.70. The van der Waals surface area contributed by atoms with Crippen molar-refractivity contribution in [3.8, 4) is 0 Å². The van der Waals surface area contributed by atoms with Crippen LogP contribution in [-0.4, -0.2) is 47.7 Å². The molecule has 1 aliphatic rings. The molecule has 0 unspecified atom stereocenters. The standard InChI is InChI=1S/C14H15BrFNO4/c15-10-5-9(6-11(16)7-10)14(20)17-3-1-12(2-4-17)21-8-13(18)19/h5-7,12H,1-4,8H2,(H,18,19). The molecule has 0 aromatic heterocycles. The van der Waals surface area contributed by atoms with Crippen molar-refractivity contribution in [1.29, 1.82) is 0 Å². The van der Waals surface area contributed by atoms with E-state index in [-0.39, 0.29) is 18.6 Å². The van der Waals surface area contributed by atoms with E-state index >= 15 is 0 Å². The molecule has 2 rings (SSSR count). The lowest BCUT2D eigenvalue weighted by Crippen LogP contribution is -2.41. The summed E-state index contributed by atoms with van der Waals surface area (Å²) in [6.45, 7) is 0.615. The van der Waals surface area contributed by atoms with Crippen molar-refractivity contribution in [3.05, 3.63) is 34.1 Å². The molecule has 5 nitrogen and oxygen atoms in total. The zero-order chi connectivity index (χ0) is 15.4. The van der Waals surface area contributed by atoms with Crippen LogP contribution in [0.4, 0.5) is 4.39 Å². The number of carbonyl (C=O) groups is 2. The van der Waals surface area contributed by atoms with Crippen LogP contribution >= 0.6 is 15.9 Å². The number of amides is 1. The van der Waals surface area contributed by atoms with Crippen molar-refractivity contribution in [2.45, 2.75) is 18.9 Å². The molecular weight excluding hydrogens is 345 g/mol. The molecule has 1 aromatic carbocycles. The number of carboxylic acids is 1. The number of nitrogens with zero attached hydrogens (tertiary/aromatic N) is 1. The van der Waals surface area contributed by atoms with E-state index in [4.69, 9.17) is 9.84 Å². The maximum atomic E-state index is 13.3. The van der Waals surface area contributed by atoms with E-state index in [2.05, 4.69) is 15.9 Å². The van der Waals surface area contributed by atoms with Gasteiger partial charge in [-0.2, -0.15) is 0 Å². The summed E-state index contributed by atoms with van der Waals surface area (Å²) < 4.78 is 19.0. The highest BCUT2D eigenvalue weighted by Crippen LogP contribution is 2.19. The molecule has 1 amide bonds. The third-order valence-electron chi connectivity index (χ3n) is 3.28. The summed E-state index contributed by atoms with van der Waals surface area (Å²) in [6, 6.07) is 4.08. The van der Waals surface area contributed by atoms with Crippen LogP contribution in [-0.2, 0) is 9.53 Å². The molecule has 1 aliphatic heterocycles. The monoisotopic (exact) mass is 359 g/mol. The van der Waals surface area contributed by atoms with Gasteiger partial charge < -0.3 is 14.7 Å². The quantitative estimate of drug-likeness (QED) is 0.895. The minimum absolute atomic E-state index is 0.149. The number of hydrogen-bond donors (Lipinski definition) is 1. The lowest BCUT2D eigenvalue weighted by molar-refractivity contribution is -0.145. The number of piperidine rings is 1. The molecule has 7 heteroatoms. The second kappa shape index (κ2) is 7.00. The molecule has 0 atom stereocenters. The van der Waals surface area contributed by atoms with Crippen molar-refractivity contribution in [1.82, 2.24) is 4.90 Å². The summed E-state index contributed by atoms with van der Waals surface area (Å²) in [5, 5.41) is 8.56. The summed E-state index contributed by atoms with van der Waals surface area (Å²) in [5.41, 5.74) is 0.298. The normalized spacial score (nSPS) is 16.0. The number of carbonyl (C=O) groups excluding carboxylic acids is 1. The highest BCUT2D eigenvalue weighted by molar-refractivity contribution is 9.10. The Hall–Kier alpha value is -1.47. The van der Waals surface area contributed by atoms with Crippen LogP contribution in [0.1, 0.15) is 23.2 Å². The summed E-state index contributed by atoms with van der Waals surface area (Å²) in [7, 11) is 0. The molecule has 0 spiro atoms. The van der Waals surface area contributed by atoms with E-state index in [1.54, 1.807) is 11.0 Å². The van der Waals surface area contributed by atoms with E-state index in [0.717, 1.165) is 0 Å². The largest absolute Gasteiger partial charge is 0.480 e. The summed E-state index contributed by atoms with van der Waals surface area (Å²) >= 11 is 3.16. The smallest absolute Gasteiger partial charge is 0.329 e. The van der Waals surface area contributed by atoms with Gasteiger partial charge in [0, 0.05) is 23.1 Å². The molecular formula is C14H15BrFNO4. The number of hydrogen-bond acceptors (Lipinski definition) is 3. The Morgan fingerprint density at radius 3 is 2.57 bits per heavy atom. The van der Waals surface area contributed by atoms with Crippen LogP contribution in [0, 0.1) is 5.82 Å². The lowest BCUT2D eigenvalue weighted by Gasteiger charge is -2.31. The Bertz CT molecular complexity index is 524. The van der Waals surface area contributed by atoms with Gasteiger partial charge in [0.15, 0.2) is 0 Å². The maximum Gasteiger partial charge on any atom is 0.329 e. The SMILES string of the molecule is O=C(O)COC1CCN(C(=O)c2cc(F)cc(Br)c2)CC1. The number of carboxylic acid groups (broad SMARTS) is 1. The Labute approximate surface area is 129 Å². The molecule has 0 aliphatic carbocycles. The minimum Gasteiger partial charge on any atom is -0.480 e. The topological polar surface area (TPSA) is 66.8 Å². The first-order valence-corrected chi connectivity index (χ1v) is 7.34. The van der Waals surface area contributed by atoms with Gasteiger partial charge in [-0.05, 0) is 31.0 Å². The number of halogens is 2. The molecule has 0 bridgehead atoms. The molecule has 1 fully saturated rings. The number of likely N-dealkylation sites (tertiary alicyclic amines) is 1. The molecule has 1 N–H and O–H groups in total. The second-order valence-corrected chi connectivity index (χ2v) is 5.77. The number of rotatable bonds is 4. The first kappa shape index (κ1) is 15.9. The fraction of sp³-hybridized carbons (Fsp3) is 0.429. The number of aliphatic carboxylic acids is 1. The number of benzene rings is 1. The van der Waals surface area contributed by atoms with Crippen molar-refractivity contribution in [2.24, 2.45) is 0 Å². The Morgan fingerprint density at radius 1 is 1.33 bits per heavy atom. The first-order chi connectivity index (χ1) is 9.95. The second-order valence-electron chi connectivity index (χ2n) is 4.85. The predicted octanol–water partition coefficient (Wildman–Crippen LogP) is 2.29. The predicted molar refractivity (Wildman–Crippen MR) is 76.6 cm³/mol. The van der Waals surface area contributed by atoms with E-state index in [9.17, 15) is 14.0 Å². The Balaban J connectivity index is 1.92. The average molecular weight is 360 g/mol. The molecule has 0 saturated carbocycles. The Morgan fingerprint density at radius 2 is 2.00 bits per heavy atom. The van der Waals surface area contributed by atoms with E-state index < -0.39 is 11.8 Å². The van der Waals surface area contributed by atoms with Crippen LogP contribution in [0.5, 0.6) is 0 Å². The fourth-order valence-electron chi connectivity index (χ4n) is 2.27. The van der Waals surface area contributed by atoms with Crippen molar-refractivity contribution < 1.29 is 23.8 Å². The highest BCUT2D eigenvalue weighted by atomic mass is 79.9. The molecule has 1 aromatic rings. The first-order valence-electron chi connectivity index (χ1n) is 6.54. The average Bonchev–Trinajstić information content (AvgIpc) is 2.44. The maximum absolute atomic E-state index is 13.3. The van der Waals surface area contributed by atoms with Gasteiger partial charge in [0.05, 0.1) is 6.10 Å². The van der Waals surface area contributed by atoms with Crippen LogP contribution in [0.15, 0.2) is 22.7 Å². The molecule has 114 valence electrons. The summed E-state index contributed by atoms with van der Waals surface area (Å²) in [4.78, 5) is 24.3. The van der Waals surface area contributed by atoms with Gasteiger partial charge in [0.25, 0.3) is 5.91 Å². The van der Waals surface area contributed by atoms with Gasteiger partial charge in [0.1, 0.15) is 12.4 Å². The van der Waals surface area contributed by atoms with Gasteiger partial charge in [-0.25, -0.2) is 9.18 Å². The molecule has 21 heavy (non-hydrogen) atoms. The van der Waals surface area contributed by atoms with E-state index in [1.807, 2.05) is 0 Å². The van der Waals surface area contributed by atoms with E-state index in [1.165, 1.54) is 12.1 Å². The molecule has 1 heterocycles. The third kappa shape index (κ3) is 4.50. The third-order valence-corrected chi connectivity index (χ3v) is 3.74. The van der Waals surface area contributed by atoms with Crippen molar-refractivity contribution in [2.75, 3.05) is 19.7 Å². The summed E-state index contributed by atoms with van der Waals surface area (Å²) in [6.07, 6.45) is 1.01. The van der Waals surface area contributed by atoms with Crippen LogP contribution in [0.2, 0.25) is 0 Å². The van der Waals surface area contributed by atoms with Gasteiger partial charge in [-0.15, -0.1) is 0 Å². The van der Waals surface area contributed by atoms with Gasteiger partial charge >= 0.3 is 5.97 Å². The van der Waals surface area contributed by atoms with Crippen molar-refractivity contribution in [3.63, 3.8) is 0 Å². The van der Waals surface area contributed by atoms with Gasteiger partial charge in [-0.1, -0.05) is 15.9 Å². The van der Waals surface area contributed by atoms with Crippen LogP contribution in [0.3, 0.4) is 0 Å². The number of ether oxygens (including phenoxy) is 1. The Kier molecular flexibility index (Phi) is 5.30. The van der Waals surface area contributed by atoms with Crippen LogP contribution in [0.25, 0.3) is 0 Å². The molecule has 0 radical (unpaired) electrons. The molecule has 1 saturated heterocycles.